The highest BCUT2D eigenvalue weighted by atomic mass is 79.9. The smallest absolute Gasteiger partial charge is 0.203 e. The molecular weight excluding hydrogens is 386 g/mol. The second kappa shape index (κ2) is 9.20. The van der Waals surface area contributed by atoms with E-state index in [9.17, 15) is 0 Å². The molecule has 0 radical (unpaired) electrons. The summed E-state index contributed by atoms with van der Waals surface area (Å²) < 4.78 is 5.41. The predicted molar refractivity (Wildman–Crippen MR) is 107 cm³/mol. The molecule has 0 saturated heterocycles. The number of aromatic nitrogens is 1. The van der Waals surface area contributed by atoms with Gasteiger partial charge >= 0.3 is 0 Å². The second-order valence-electron chi connectivity index (χ2n) is 4.78. The first kappa shape index (κ1) is 18.2. The molecule has 4 nitrogen and oxygen atoms in total. The van der Waals surface area contributed by atoms with E-state index in [1.54, 1.807) is 6.21 Å². The van der Waals surface area contributed by atoms with Crippen LogP contribution in [0, 0.1) is 0 Å². The Morgan fingerprint density at radius 3 is 2.58 bits per heavy atom. The molecule has 3 rings (SSSR count). The lowest BCUT2D eigenvalue weighted by atomic mass is 10.2. The first-order valence-corrected chi connectivity index (χ1v) is 8.26. The fraction of sp³-hybridized carbons (Fsp3) is 0.111. The molecule has 3 aromatic rings. The van der Waals surface area contributed by atoms with Crippen LogP contribution in [-0.2, 0) is 0 Å². The van der Waals surface area contributed by atoms with E-state index in [2.05, 4.69) is 15.5 Å². The van der Waals surface area contributed by atoms with Crippen molar-refractivity contribution in [3.63, 3.8) is 0 Å². The molecule has 0 amide bonds. The van der Waals surface area contributed by atoms with Crippen molar-refractivity contribution in [1.29, 1.82) is 0 Å². The van der Waals surface area contributed by atoms with Gasteiger partial charge in [-0.05, 0) is 36.8 Å². The van der Waals surface area contributed by atoms with Gasteiger partial charge < -0.3 is 4.74 Å². The van der Waals surface area contributed by atoms with Crippen molar-refractivity contribution in [2.24, 2.45) is 5.10 Å². The quantitative estimate of drug-likeness (QED) is 0.452. The molecule has 0 aliphatic carbocycles. The lowest BCUT2D eigenvalue weighted by Crippen LogP contribution is -1.92. The highest BCUT2D eigenvalue weighted by Crippen LogP contribution is 2.24. The van der Waals surface area contributed by atoms with E-state index >= 15 is 0 Å². The molecule has 1 N–H and O–H groups in total. The predicted octanol–water partition coefficient (Wildman–Crippen LogP) is 5.23. The zero-order chi connectivity index (χ0) is 15.9. The van der Waals surface area contributed by atoms with E-state index in [4.69, 9.17) is 4.74 Å². The lowest BCUT2D eigenvalue weighted by molar-refractivity contribution is 0.340. The SMILES string of the molecule is Br.CCOc1ccc(C=NNc2nc(-c3ccccc3)cs2)cc1. The highest BCUT2D eigenvalue weighted by Gasteiger charge is 2.02. The number of halogens is 1. The van der Waals surface area contributed by atoms with Gasteiger partial charge in [-0.3, -0.25) is 5.43 Å². The Bertz CT molecular complexity index is 772. The summed E-state index contributed by atoms with van der Waals surface area (Å²) in [5, 5.41) is 7.01. The summed E-state index contributed by atoms with van der Waals surface area (Å²) >= 11 is 1.53. The van der Waals surface area contributed by atoms with Crippen LogP contribution in [0.2, 0.25) is 0 Å². The summed E-state index contributed by atoms with van der Waals surface area (Å²) in [5.74, 6) is 0.866. The van der Waals surface area contributed by atoms with Crippen LogP contribution in [0.4, 0.5) is 5.13 Å². The Balaban J connectivity index is 0.00000208. The molecule has 0 atom stereocenters. The molecule has 1 heterocycles. The van der Waals surface area contributed by atoms with Crippen molar-refractivity contribution < 1.29 is 4.74 Å². The van der Waals surface area contributed by atoms with Crippen LogP contribution in [0.15, 0.2) is 65.1 Å². The van der Waals surface area contributed by atoms with Gasteiger partial charge in [-0.2, -0.15) is 5.10 Å². The van der Waals surface area contributed by atoms with E-state index in [-0.39, 0.29) is 17.0 Å². The molecular formula is C18H18BrN3OS. The third-order valence-electron chi connectivity index (χ3n) is 3.14. The minimum atomic E-state index is 0. The molecule has 6 heteroatoms. The molecule has 0 fully saturated rings. The number of nitrogens with zero attached hydrogens (tertiary/aromatic N) is 2. The van der Waals surface area contributed by atoms with Gasteiger partial charge in [0.05, 0.1) is 18.5 Å². The van der Waals surface area contributed by atoms with Gasteiger partial charge in [0.15, 0.2) is 0 Å². The molecule has 24 heavy (non-hydrogen) atoms. The monoisotopic (exact) mass is 403 g/mol. The summed E-state index contributed by atoms with van der Waals surface area (Å²) in [6.45, 7) is 2.64. The molecule has 1 aromatic heterocycles. The molecule has 0 aliphatic heterocycles. The van der Waals surface area contributed by atoms with Crippen molar-refractivity contribution >= 4 is 39.7 Å². The number of benzene rings is 2. The van der Waals surface area contributed by atoms with Crippen LogP contribution in [-0.4, -0.2) is 17.8 Å². The zero-order valence-electron chi connectivity index (χ0n) is 13.2. The largest absolute Gasteiger partial charge is 0.494 e. The summed E-state index contributed by atoms with van der Waals surface area (Å²) in [6, 6.07) is 17.9. The van der Waals surface area contributed by atoms with Gasteiger partial charge in [-0.1, -0.05) is 30.3 Å². The molecule has 2 aromatic carbocycles. The molecule has 124 valence electrons. The minimum absolute atomic E-state index is 0. The van der Waals surface area contributed by atoms with E-state index in [1.165, 1.54) is 11.3 Å². The Morgan fingerprint density at radius 1 is 1.12 bits per heavy atom. The van der Waals surface area contributed by atoms with Crippen LogP contribution in [0.5, 0.6) is 5.75 Å². The third kappa shape index (κ3) is 4.91. The maximum Gasteiger partial charge on any atom is 0.203 e. The first-order valence-electron chi connectivity index (χ1n) is 7.38. The molecule has 0 bridgehead atoms. The summed E-state index contributed by atoms with van der Waals surface area (Å²) in [5.41, 5.74) is 6.03. The average molecular weight is 404 g/mol. The Hall–Kier alpha value is -2.18. The molecule has 0 aliphatic rings. The van der Waals surface area contributed by atoms with Gasteiger partial charge in [-0.15, -0.1) is 28.3 Å². The van der Waals surface area contributed by atoms with Crippen LogP contribution in [0.25, 0.3) is 11.3 Å². The Labute approximate surface area is 156 Å². The number of rotatable bonds is 6. The fourth-order valence-corrected chi connectivity index (χ4v) is 2.71. The number of hydrazone groups is 1. The van der Waals surface area contributed by atoms with Gasteiger partial charge in [-0.25, -0.2) is 4.98 Å². The first-order chi connectivity index (χ1) is 11.3. The van der Waals surface area contributed by atoms with Crippen LogP contribution >= 0.6 is 28.3 Å². The van der Waals surface area contributed by atoms with Crippen LogP contribution in [0.3, 0.4) is 0 Å². The third-order valence-corrected chi connectivity index (χ3v) is 3.89. The number of hydrogen-bond donors (Lipinski definition) is 1. The van der Waals surface area contributed by atoms with E-state index in [0.717, 1.165) is 27.7 Å². The second-order valence-corrected chi connectivity index (χ2v) is 5.63. The fourth-order valence-electron chi connectivity index (χ4n) is 2.05. The van der Waals surface area contributed by atoms with Gasteiger partial charge in [0, 0.05) is 10.9 Å². The summed E-state index contributed by atoms with van der Waals surface area (Å²) in [4.78, 5) is 4.52. The Morgan fingerprint density at radius 2 is 1.88 bits per heavy atom. The maximum absolute atomic E-state index is 5.41. The number of hydrogen-bond acceptors (Lipinski definition) is 5. The number of anilines is 1. The van der Waals surface area contributed by atoms with Gasteiger partial charge in [0.1, 0.15) is 5.75 Å². The normalized spacial score (nSPS) is 10.4. The molecule has 0 saturated carbocycles. The van der Waals surface area contributed by atoms with E-state index in [0.29, 0.717) is 6.61 Å². The lowest BCUT2D eigenvalue weighted by Gasteiger charge is -2.02. The standard InChI is InChI=1S/C18H17N3OS.BrH/c1-2-22-16-10-8-14(9-11-16)12-19-21-18-20-17(13-23-18)15-6-4-3-5-7-15;/h3-13H,2H2,1H3,(H,20,21);1H. The minimum Gasteiger partial charge on any atom is -0.494 e. The average Bonchev–Trinajstić information content (AvgIpc) is 3.06. The van der Waals surface area contributed by atoms with Crippen molar-refractivity contribution in [3.8, 4) is 17.0 Å². The molecule has 0 spiro atoms. The van der Waals surface area contributed by atoms with Gasteiger partial charge in [0.2, 0.25) is 5.13 Å². The van der Waals surface area contributed by atoms with Crippen LogP contribution < -0.4 is 10.2 Å². The van der Waals surface area contributed by atoms with E-state index in [1.807, 2.05) is 66.9 Å². The Kier molecular flexibility index (Phi) is 6.96. The molecule has 0 unspecified atom stereocenters. The van der Waals surface area contributed by atoms with Crippen molar-refractivity contribution in [1.82, 2.24) is 4.98 Å². The maximum atomic E-state index is 5.41. The topological polar surface area (TPSA) is 46.5 Å². The summed E-state index contributed by atoms with van der Waals surface area (Å²) in [7, 11) is 0. The van der Waals surface area contributed by atoms with Crippen molar-refractivity contribution in [2.45, 2.75) is 6.92 Å². The highest BCUT2D eigenvalue weighted by molar-refractivity contribution is 8.93. The van der Waals surface area contributed by atoms with Crippen molar-refractivity contribution in [3.05, 3.63) is 65.5 Å². The van der Waals surface area contributed by atoms with E-state index < -0.39 is 0 Å². The number of nitrogens with one attached hydrogen (secondary N) is 1. The van der Waals surface area contributed by atoms with Crippen LogP contribution in [0.1, 0.15) is 12.5 Å². The number of thiazole rings is 1. The van der Waals surface area contributed by atoms with Gasteiger partial charge in [0.25, 0.3) is 0 Å². The van der Waals surface area contributed by atoms with Crippen molar-refractivity contribution in [2.75, 3.05) is 12.0 Å². The summed E-state index contributed by atoms with van der Waals surface area (Å²) in [6.07, 6.45) is 1.76. The zero-order valence-corrected chi connectivity index (χ0v) is 15.7. The number of ether oxygens (including phenoxy) is 1.